The number of nitrogens with zero attached hydrogens (tertiary/aromatic N) is 3. The van der Waals surface area contributed by atoms with E-state index in [1.54, 1.807) is 31.3 Å². The molecule has 4 heteroatoms. The molecule has 2 heterocycles. The van der Waals surface area contributed by atoms with Crippen molar-refractivity contribution in [3.05, 3.63) is 46.0 Å². The van der Waals surface area contributed by atoms with Crippen molar-refractivity contribution >= 4 is 5.65 Å². The Bertz CT molecular complexity index is 592. The van der Waals surface area contributed by atoms with Crippen molar-refractivity contribution in [1.29, 1.82) is 5.26 Å². The zero-order valence-corrected chi connectivity index (χ0v) is 7.56. The van der Waals surface area contributed by atoms with Crippen LogP contribution in [0, 0.1) is 18.3 Å². The van der Waals surface area contributed by atoms with Gasteiger partial charge in [0.25, 0.3) is 5.56 Å². The first-order valence-corrected chi connectivity index (χ1v) is 4.12. The predicted molar refractivity (Wildman–Crippen MR) is 50.9 cm³/mol. The minimum Gasteiger partial charge on any atom is -0.267 e. The Kier molecular flexibility index (Phi) is 1.79. The van der Waals surface area contributed by atoms with Crippen LogP contribution < -0.4 is 5.56 Å². The Morgan fingerprint density at radius 1 is 1.50 bits per heavy atom. The third-order valence-corrected chi connectivity index (χ3v) is 2.03. The van der Waals surface area contributed by atoms with E-state index in [-0.39, 0.29) is 11.1 Å². The molecule has 0 aliphatic rings. The fourth-order valence-electron chi connectivity index (χ4n) is 1.33. The summed E-state index contributed by atoms with van der Waals surface area (Å²) in [6, 6.07) is 7.12. The van der Waals surface area contributed by atoms with E-state index in [0.717, 1.165) is 0 Å². The predicted octanol–water partition coefficient (Wildman–Crippen LogP) is 0.875. The Morgan fingerprint density at radius 2 is 2.29 bits per heavy atom. The van der Waals surface area contributed by atoms with Crippen LogP contribution in [-0.2, 0) is 0 Å². The van der Waals surface area contributed by atoms with Crippen LogP contribution in [0.15, 0.2) is 29.2 Å². The van der Waals surface area contributed by atoms with Gasteiger partial charge in [-0.15, -0.1) is 0 Å². The van der Waals surface area contributed by atoms with Gasteiger partial charge >= 0.3 is 0 Å². The van der Waals surface area contributed by atoms with Crippen LogP contribution in [-0.4, -0.2) is 9.38 Å². The highest BCUT2D eigenvalue weighted by atomic mass is 16.1. The Hall–Kier alpha value is -2.15. The molecule has 14 heavy (non-hydrogen) atoms. The summed E-state index contributed by atoms with van der Waals surface area (Å²) in [6.45, 7) is 1.66. The van der Waals surface area contributed by atoms with Gasteiger partial charge in [0.15, 0.2) is 0 Å². The van der Waals surface area contributed by atoms with E-state index in [1.165, 1.54) is 4.40 Å². The summed E-state index contributed by atoms with van der Waals surface area (Å²) in [5, 5.41) is 8.76. The molecule has 68 valence electrons. The van der Waals surface area contributed by atoms with E-state index >= 15 is 0 Å². The Labute approximate surface area is 80.1 Å². The van der Waals surface area contributed by atoms with Crippen LogP contribution in [0.5, 0.6) is 0 Å². The largest absolute Gasteiger partial charge is 0.276 e. The summed E-state index contributed by atoms with van der Waals surface area (Å²) in [5.41, 5.74) is 0.835. The first kappa shape index (κ1) is 8.45. The number of pyridine rings is 1. The summed E-state index contributed by atoms with van der Waals surface area (Å²) in [7, 11) is 0. The van der Waals surface area contributed by atoms with Gasteiger partial charge in [0.05, 0.1) is 5.69 Å². The number of rotatable bonds is 0. The normalized spacial score (nSPS) is 10.0. The molecule has 0 aliphatic carbocycles. The highest BCUT2D eigenvalue weighted by molar-refractivity contribution is 5.43. The molecule has 2 rings (SSSR count). The molecule has 0 aromatic carbocycles. The minimum absolute atomic E-state index is 0.105. The fraction of sp³-hybridized carbons (Fsp3) is 0.100. The van der Waals surface area contributed by atoms with Crippen molar-refractivity contribution in [2.75, 3.05) is 0 Å². The second-order valence-electron chi connectivity index (χ2n) is 2.92. The van der Waals surface area contributed by atoms with Gasteiger partial charge in [0.2, 0.25) is 0 Å². The number of fused-ring (bicyclic) bond motifs is 1. The van der Waals surface area contributed by atoms with Gasteiger partial charge in [-0.05, 0) is 19.1 Å². The molecule has 4 nitrogen and oxygen atoms in total. The van der Waals surface area contributed by atoms with Crippen LogP contribution in [0.3, 0.4) is 0 Å². The molecule has 0 unspecified atom stereocenters. The first-order chi connectivity index (χ1) is 6.74. The fourth-order valence-corrected chi connectivity index (χ4v) is 1.33. The molecular formula is C10H7N3O. The van der Waals surface area contributed by atoms with Crippen LogP contribution in [0.1, 0.15) is 11.3 Å². The third-order valence-electron chi connectivity index (χ3n) is 2.03. The third kappa shape index (κ3) is 1.07. The summed E-state index contributed by atoms with van der Waals surface area (Å²) >= 11 is 0. The van der Waals surface area contributed by atoms with Crippen molar-refractivity contribution in [2.24, 2.45) is 0 Å². The van der Waals surface area contributed by atoms with Gasteiger partial charge in [-0.3, -0.25) is 9.20 Å². The van der Waals surface area contributed by atoms with Gasteiger partial charge in [0.1, 0.15) is 17.3 Å². The average Bonchev–Trinajstić information content (AvgIpc) is 2.18. The lowest BCUT2D eigenvalue weighted by Crippen LogP contribution is -2.19. The average molecular weight is 185 g/mol. The molecule has 0 saturated carbocycles. The van der Waals surface area contributed by atoms with Crippen LogP contribution in [0.4, 0.5) is 0 Å². The van der Waals surface area contributed by atoms with Crippen LogP contribution in [0.2, 0.25) is 0 Å². The highest BCUT2D eigenvalue weighted by Crippen LogP contribution is 2.01. The molecule has 0 amide bonds. The van der Waals surface area contributed by atoms with E-state index in [4.69, 9.17) is 5.26 Å². The molecule has 2 aromatic heterocycles. The van der Waals surface area contributed by atoms with Gasteiger partial charge in [-0.1, -0.05) is 6.07 Å². The smallest absolute Gasteiger partial charge is 0.267 e. The lowest BCUT2D eigenvalue weighted by atomic mass is 10.2. The maximum absolute atomic E-state index is 11.7. The molecule has 0 N–H and O–H groups in total. The van der Waals surface area contributed by atoms with E-state index in [9.17, 15) is 4.79 Å². The summed E-state index contributed by atoms with van der Waals surface area (Å²) < 4.78 is 1.37. The SMILES string of the molecule is Cc1nc2ccccn2c(=O)c1C#N. The number of aryl methyl sites for hydroxylation is 1. The van der Waals surface area contributed by atoms with E-state index in [1.807, 2.05) is 6.07 Å². The van der Waals surface area contributed by atoms with Crippen molar-refractivity contribution < 1.29 is 0 Å². The number of hydrogen-bond acceptors (Lipinski definition) is 3. The maximum Gasteiger partial charge on any atom is 0.276 e. The van der Waals surface area contributed by atoms with Crippen molar-refractivity contribution in [3.63, 3.8) is 0 Å². The van der Waals surface area contributed by atoms with E-state index < -0.39 is 0 Å². The molecule has 0 bridgehead atoms. The Balaban J connectivity index is 3.03. The van der Waals surface area contributed by atoms with Crippen molar-refractivity contribution in [3.8, 4) is 6.07 Å². The summed E-state index contributed by atoms with van der Waals surface area (Å²) in [6.07, 6.45) is 1.60. The summed E-state index contributed by atoms with van der Waals surface area (Å²) in [5.74, 6) is 0. The molecular weight excluding hydrogens is 178 g/mol. The minimum atomic E-state index is -0.310. The first-order valence-electron chi connectivity index (χ1n) is 4.12. The standard InChI is InChI=1S/C10H7N3O/c1-7-8(6-11)10(14)13-5-3-2-4-9(13)12-7/h2-5H,1H3. The summed E-state index contributed by atoms with van der Waals surface area (Å²) in [4.78, 5) is 15.8. The second-order valence-corrected chi connectivity index (χ2v) is 2.92. The lowest BCUT2D eigenvalue weighted by molar-refractivity contribution is 1.00. The Morgan fingerprint density at radius 3 is 3.00 bits per heavy atom. The zero-order chi connectivity index (χ0) is 10.1. The lowest BCUT2D eigenvalue weighted by Gasteiger charge is -2.01. The number of nitriles is 1. The van der Waals surface area contributed by atoms with Crippen molar-refractivity contribution in [2.45, 2.75) is 6.92 Å². The molecule has 0 saturated heterocycles. The molecule has 0 atom stereocenters. The monoisotopic (exact) mass is 185 g/mol. The maximum atomic E-state index is 11.7. The quantitative estimate of drug-likeness (QED) is 0.612. The second kappa shape index (κ2) is 2.96. The number of hydrogen-bond donors (Lipinski definition) is 0. The van der Waals surface area contributed by atoms with Gasteiger partial charge in [-0.25, -0.2) is 4.98 Å². The molecule has 0 spiro atoms. The molecule has 0 aliphatic heterocycles. The highest BCUT2D eigenvalue weighted by Gasteiger charge is 2.07. The number of aromatic nitrogens is 2. The van der Waals surface area contributed by atoms with E-state index in [0.29, 0.717) is 11.3 Å². The molecule has 0 fully saturated rings. The van der Waals surface area contributed by atoms with Gasteiger partial charge in [0, 0.05) is 6.20 Å². The topological polar surface area (TPSA) is 58.2 Å². The van der Waals surface area contributed by atoms with E-state index in [2.05, 4.69) is 4.98 Å². The van der Waals surface area contributed by atoms with Crippen molar-refractivity contribution in [1.82, 2.24) is 9.38 Å². The van der Waals surface area contributed by atoms with Gasteiger partial charge in [-0.2, -0.15) is 5.26 Å². The van der Waals surface area contributed by atoms with Gasteiger partial charge < -0.3 is 0 Å². The molecule has 0 radical (unpaired) electrons. The zero-order valence-electron chi connectivity index (χ0n) is 7.56. The molecule has 2 aromatic rings. The van der Waals surface area contributed by atoms with Crippen LogP contribution in [0.25, 0.3) is 5.65 Å². The van der Waals surface area contributed by atoms with Crippen LogP contribution >= 0.6 is 0 Å².